The van der Waals surface area contributed by atoms with Crippen LogP contribution in [-0.4, -0.2) is 5.91 Å². The van der Waals surface area contributed by atoms with Gasteiger partial charge in [0.25, 0.3) is 0 Å². The van der Waals surface area contributed by atoms with Gasteiger partial charge in [-0.15, -0.1) is 0 Å². The largest absolute Gasteiger partial charge is 0.325 e. The second-order valence-electron chi connectivity index (χ2n) is 5.73. The van der Waals surface area contributed by atoms with E-state index in [1.54, 1.807) is 12.1 Å². The van der Waals surface area contributed by atoms with Crippen molar-refractivity contribution in [1.82, 2.24) is 0 Å². The summed E-state index contributed by atoms with van der Waals surface area (Å²) in [5.41, 5.74) is 2.87. The highest BCUT2D eigenvalue weighted by Gasteiger charge is 2.28. The summed E-state index contributed by atoms with van der Waals surface area (Å²) in [6, 6.07) is 17.1. The van der Waals surface area contributed by atoms with Crippen LogP contribution in [0, 0.1) is 5.82 Å². The van der Waals surface area contributed by atoms with E-state index in [0.717, 1.165) is 27.6 Å². The Bertz CT molecular complexity index is 938. The fourth-order valence-electron chi connectivity index (χ4n) is 3.23. The van der Waals surface area contributed by atoms with Gasteiger partial charge < -0.3 is 5.32 Å². The molecule has 1 aliphatic heterocycles. The first-order valence-corrected chi connectivity index (χ1v) is 8.19. The summed E-state index contributed by atoms with van der Waals surface area (Å²) in [5.74, 6) is -0.382. The number of carbonyl (C=O) groups excluding carboxylic acids is 1. The van der Waals surface area contributed by atoms with Crippen molar-refractivity contribution in [3.63, 3.8) is 0 Å². The zero-order valence-electron chi connectivity index (χ0n) is 12.1. The fourth-order valence-corrected chi connectivity index (χ4v) is 3.63. The maximum absolute atomic E-state index is 13.5. The standard InChI is InChI=1S/C19H13BrFNO/c20-16-9-12(6-8-17(16)21)15-10-18(23)22-19-13-4-2-1-3-11(13)5-7-14(15)19/h1-9,15H,10H2,(H,22,23)/t15-/m0/s1. The average molecular weight is 370 g/mol. The van der Waals surface area contributed by atoms with Crippen LogP contribution in [0.2, 0.25) is 0 Å². The smallest absolute Gasteiger partial charge is 0.225 e. The number of hydrogen-bond acceptors (Lipinski definition) is 1. The molecular weight excluding hydrogens is 357 g/mol. The van der Waals surface area contributed by atoms with Gasteiger partial charge in [-0.3, -0.25) is 4.79 Å². The Kier molecular flexibility index (Phi) is 3.42. The topological polar surface area (TPSA) is 29.1 Å². The highest BCUT2D eigenvalue weighted by molar-refractivity contribution is 9.10. The van der Waals surface area contributed by atoms with E-state index in [9.17, 15) is 9.18 Å². The zero-order chi connectivity index (χ0) is 16.0. The van der Waals surface area contributed by atoms with Gasteiger partial charge in [0.1, 0.15) is 5.82 Å². The van der Waals surface area contributed by atoms with Gasteiger partial charge in [0, 0.05) is 17.7 Å². The average Bonchev–Trinajstić information content (AvgIpc) is 2.56. The number of carbonyl (C=O) groups is 1. The molecule has 4 heteroatoms. The lowest BCUT2D eigenvalue weighted by Gasteiger charge is -2.27. The highest BCUT2D eigenvalue weighted by Crippen LogP contribution is 2.41. The molecule has 1 N–H and O–H groups in total. The minimum absolute atomic E-state index is 0.0145. The minimum Gasteiger partial charge on any atom is -0.325 e. The summed E-state index contributed by atoms with van der Waals surface area (Å²) in [4.78, 5) is 12.2. The summed E-state index contributed by atoms with van der Waals surface area (Å²) in [6.45, 7) is 0. The number of halogens is 2. The molecular formula is C19H13BrFNO. The van der Waals surface area contributed by atoms with Crippen LogP contribution in [0.3, 0.4) is 0 Å². The van der Waals surface area contributed by atoms with Crippen LogP contribution < -0.4 is 5.32 Å². The van der Waals surface area contributed by atoms with Crippen LogP contribution in [0.25, 0.3) is 10.8 Å². The predicted octanol–water partition coefficient (Wildman–Crippen LogP) is 5.22. The van der Waals surface area contributed by atoms with Gasteiger partial charge in [-0.1, -0.05) is 42.5 Å². The second-order valence-corrected chi connectivity index (χ2v) is 6.58. The first kappa shape index (κ1) is 14.4. The third-order valence-corrected chi connectivity index (χ3v) is 4.94. The van der Waals surface area contributed by atoms with Crippen LogP contribution in [0.15, 0.2) is 59.1 Å². The highest BCUT2D eigenvalue weighted by atomic mass is 79.9. The molecule has 0 aromatic heterocycles. The van der Waals surface area contributed by atoms with Crippen LogP contribution >= 0.6 is 15.9 Å². The lowest BCUT2D eigenvalue weighted by Crippen LogP contribution is -2.23. The van der Waals surface area contributed by atoms with E-state index in [1.807, 2.05) is 24.3 Å². The molecule has 1 heterocycles. The number of anilines is 1. The summed E-state index contributed by atoms with van der Waals surface area (Å²) in [7, 11) is 0. The Hall–Kier alpha value is -2.20. The van der Waals surface area contributed by atoms with E-state index >= 15 is 0 Å². The van der Waals surface area contributed by atoms with Crippen LogP contribution in [-0.2, 0) is 4.79 Å². The first-order chi connectivity index (χ1) is 11.1. The maximum Gasteiger partial charge on any atom is 0.225 e. The molecule has 3 aromatic rings. The van der Waals surface area contributed by atoms with Crippen molar-refractivity contribution in [1.29, 1.82) is 0 Å². The second kappa shape index (κ2) is 5.46. The Morgan fingerprint density at radius 3 is 2.74 bits per heavy atom. The maximum atomic E-state index is 13.5. The number of rotatable bonds is 1. The molecule has 1 aliphatic rings. The Morgan fingerprint density at radius 2 is 1.91 bits per heavy atom. The van der Waals surface area contributed by atoms with E-state index in [1.165, 1.54) is 6.07 Å². The van der Waals surface area contributed by atoms with Crippen molar-refractivity contribution in [2.24, 2.45) is 0 Å². The normalized spacial score (nSPS) is 17.0. The van der Waals surface area contributed by atoms with Crippen LogP contribution in [0.5, 0.6) is 0 Å². The van der Waals surface area contributed by atoms with E-state index in [4.69, 9.17) is 0 Å². The third-order valence-electron chi connectivity index (χ3n) is 4.34. The molecule has 0 bridgehead atoms. The van der Waals surface area contributed by atoms with Crippen molar-refractivity contribution < 1.29 is 9.18 Å². The number of nitrogens with one attached hydrogen (secondary N) is 1. The minimum atomic E-state index is -0.298. The van der Waals surface area contributed by atoms with Gasteiger partial charge in [-0.2, -0.15) is 0 Å². The molecule has 0 aliphatic carbocycles. The molecule has 4 rings (SSSR count). The SMILES string of the molecule is O=C1C[C@@H](c2ccc(F)c(Br)c2)c2ccc3ccccc3c2N1. The van der Waals surface area contributed by atoms with Gasteiger partial charge in [0.15, 0.2) is 0 Å². The van der Waals surface area contributed by atoms with Crippen molar-refractivity contribution in [2.45, 2.75) is 12.3 Å². The molecule has 0 saturated heterocycles. The zero-order valence-corrected chi connectivity index (χ0v) is 13.7. The van der Waals surface area contributed by atoms with Crippen molar-refractivity contribution in [2.75, 3.05) is 5.32 Å². The van der Waals surface area contributed by atoms with Crippen molar-refractivity contribution in [3.8, 4) is 0 Å². The van der Waals surface area contributed by atoms with Gasteiger partial charge in [-0.25, -0.2) is 4.39 Å². The molecule has 0 spiro atoms. The summed E-state index contributed by atoms with van der Waals surface area (Å²) >= 11 is 3.23. The van der Waals surface area contributed by atoms with E-state index < -0.39 is 0 Å². The summed E-state index contributed by atoms with van der Waals surface area (Å²) in [6.07, 6.45) is 0.364. The third kappa shape index (κ3) is 2.43. The van der Waals surface area contributed by atoms with Gasteiger partial charge >= 0.3 is 0 Å². The Balaban J connectivity index is 1.92. The Morgan fingerprint density at radius 1 is 1.09 bits per heavy atom. The summed E-state index contributed by atoms with van der Waals surface area (Å²) in [5, 5.41) is 5.13. The number of hydrogen-bond donors (Lipinski definition) is 1. The van der Waals surface area contributed by atoms with Gasteiger partial charge in [0.2, 0.25) is 5.91 Å². The van der Waals surface area contributed by atoms with Crippen LogP contribution in [0.4, 0.5) is 10.1 Å². The Labute approximate surface area is 141 Å². The molecule has 114 valence electrons. The molecule has 3 aromatic carbocycles. The molecule has 0 radical (unpaired) electrons. The van der Waals surface area contributed by atoms with E-state index in [-0.39, 0.29) is 17.6 Å². The molecule has 1 amide bonds. The fraction of sp³-hybridized carbons (Fsp3) is 0.105. The van der Waals surface area contributed by atoms with E-state index in [0.29, 0.717) is 10.9 Å². The monoisotopic (exact) mass is 369 g/mol. The van der Waals surface area contributed by atoms with E-state index in [2.05, 4.69) is 33.4 Å². The molecule has 0 fully saturated rings. The lowest BCUT2D eigenvalue weighted by molar-refractivity contribution is -0.116. The number of benzene rings is 3. The first-order valence-electron chi connectivity index (χ1n) is 7.40. The molecule has 0 unspecified atom stereocenters. The molecule has 23 heavy (non-hydrogen) atoms. The number of fused-ring (bicyclic) bond motifs is 3. The molecule has 1 atom stereocenters. The quantitative estimate of drug-likeness (QED) is 0.626. The lowest BCUT2D eigenvalue weighted by atomic mass is 9.83. The summed E-state index contributed by atoms with van der Waals surface area (Å²) < 4.78 is 13.9. The van der Waals surface area contributed by atoms with Crippen molar-refractivity contribution >= 4 is 38.3 Å². The van der Waals surface area contributed by atoms with Crippen molar-refractivity contribution in [3.05, 3.63) is 76.0 Å². The van der Waals surface area contributed by atoms with Gasteiger partial charge in [-0.05, 0) is 44.6 Å². The molecule has 0 saturated carbocycles. The van der Waals surface area contributed by atoms with Crippen LogP contribution in [0.1, 0.15) is 23.5 Å². The predicted molar refractivity (Wildman–Crippen MR) is 93.1 cm³/mol. The van der Waals surface area contributed by atoms with Gasteiger partial charge in [0.05, 0.1) is 10.2 Å². The molecule has 2 nitrogen and oxygen atoms in total. The number of amides is 1.